The molecule has 0 heterocycles. The predicted octanol–water partition coefficient (Wildman–Crippen LogP) is 5.19. The molecule has 1 unspecified atom stereocenters. The van der Waals surface area contributed by atoms with Gasteiger partial charge in [-0.3, -0.25) is 9.59 Å². The fraction of sp³-hybridized carbons (Fsp3) is 0.231. The standard InChI is InChI=1S/C26H27O5P/c1-15-17(3)25(18(4)16(2)22(15)24(27)19-11-8-7-9-12-19)32(29)26(28)23-20(30-5)13-10-14-21(23)31-6/h7-14,32H,1-6H3. The van der Waals surface area contributed by atoms with Crippen molar-refractivity contribution in [1.29, 1.82) is 0 Å². The van der Waals surface area contributed by atoms with Gasteiger partial charge >= 0.3 is 0 Å². The van der Waals surface area contributed by atoms with Crippen molar-refractivity contribution in [2.45, 2.75) is 27.7 Å². The molecule has 0 aliphatic heterocycles. The number of hydrogen-bond donors (Lipinski definition) is 0. The van der Waals surface area contributed by atoms with E-state index < -0.39 is 13.3 Å². The number of rotatable bonds is 7. The van der Waals surface area contributed by atoms with Crippen molar-refractivity contribution in [3.05, 3.63) is 87.5 Å². The van der Waals surface area contributed by atoms with Gasteiger partial charge in [0.1, 0.15) is 17.1 Å². The van der Waals surface area contributed by atoms with E-state index in [4.69, 9.17) is 9.47 Å². The van der Waals surface area contributed by atoms with Gasteiger partial charge in [0.05, 0.1) is 14.2 Å². The number of methoxy groups -OCH3 is 2. The Kier molecular flexibility index (Phi) is 7.00. The zero-order valence-electron chi connectivity index (χ0n) is 19.2. The van der Waals surface area contributed by atoms with Crippen LogP contribution < -0.4 is 14.8 Å². The quantitative estimate of drug-likeness (QED) is 0.366. The van der Waals surface area contributed by atoms with Gasteiger partial charge < -0.3 is 14.0 Å². The van der Waals surface area contributed by atoms with Crippen LogP contribution in [0.4, 0.5) is 0 Å². The predicted molar refractivity (Wildman–Crippen MR) is 128 cm³/mol. The van der Waals surface area contributed by atoms with Crippen LogP contribution >= 0.6 is 7.80 Å². The maximum absolute atomic E-state index is 13.6. The molecule has 3 aromatic rings. The van der Waals surface area contributed by atoms with Crippen LogP contribution in [0.2, 0.25) is 0 Å². The SMILES string of the molecule is COc1cccc(OC)c1C(=O)[PH](=O)c1c(C)c(C)c(C(=O)c2ccccc2)c(C)c1C. The third-order valence-electron chi connectivity index (χ3n) is 5.98. The average molecular weight is 450 g/mol. The first kappa shape index (κ1) is 23.5. The van der Waals surface area contributed by atoms with Crippen LogP contribution in [0.15, 0.2) is 48.5 Å². The molecule has 166 valence electrons. The number of benzene rings is 3. The molecule has 3 rings (SSSR count). The second kappa shape index (κ2) is 9.54. The van der Waals surface area contributed by atoms with Gasteiger partial charge in [0, 0.05) is 16.4 Å². The Labute approximate surface area is 189 Å². The summed E-state index contributed by atoms with van der Waals surface area (Å²) in [5.74, 6) is 0.537. The summed E-state index contributed by atoms with van der Waals surface area (Å²) in [6.45, 7) is 7.30. The number of ether oxygens (including phenoxy) is 2. The van der Waals surface area contributed by atoms with Gasteiger partial charge in [-0.05, 0) is 62.1 Å². The molecule has 0 fully saturated rings. The van der Waals surface area contributed by atoms with E-state index in [1.165, 1.54) is 14.2 Å². The van der Waals surface area contributed by atoms with Crippen molar-refractivity contribution in [3.63, 3.8) is 0 Å². The molecular weight excluding hydrogens is 423 g/mol. The van der Waals surface area contributed by atoms with E-state index >= 15 is 0 Å². The van der Waals surface area contributed by atoms with E-state index in [1.54, 1.807) is 30.3 Å². The Morgan fingerprint density at radius 3 is 1.66 bits per heavy atom. The van der Waals surface area contributed by atoms with Crippen molar-refractivity contribution in [2.75, 3.05) is 14.2 Å². The summed E-state index contributed by atoms with van der Waals surface area (Å²) in [5, 5.41) is 0.493. The molecule has 0 aliphatic carbocycles. The highest BCUT2D eigenvalue weighted by molar-refractivity contribution is 7.71. The maximum atomic E-state index is 13.6. The van der Waals surface area contributed by atoms with E-state index in [-0.39, 0.29) is 11.3 Å². The Morgan fingerprint density at radius 2 is 1.19 bits per heavy atom. The zero-order chi connectivity index (χ0) is 23.6. The first-order valence-corrected chi connectivity index (χ1v) is 11.7. The summed E-state index contributed by atoms with van der Waals surface area (Å²) in [7, 11) is -0.0198. The largest absolute Gasteiger partial charge is 0.496 e. The van der Waals surface area contributed by atoms with Crippen LogP contribution in [-0.2, 0) is 4.57 Å². The first-order valence-electron chi connectivity index (χ1n) is 10.2. The van der Waals surface area contributed by atoms with Crippen molar-refractivity contribution < 1.29 is 23.6 Å². The van der Waals surface area contributed by atoms with Gasteiger partial charge in [-0.25, -0.2) is 0 Å². The van der Waals surface area contributed by atoms with Crippen LogP contribution in [0.1, 0.15) is 48.5 Å². The molecular formula is C26H27O5P. The molecule has 0 radical (unpaired) electrons. The maximum Gasteiger partial charge on any atom is 0.230 e. The second-order valence-electron chi connectivity index (χ2n) is 7.64. The van der Waals surface area contributed by atoms with Crippen molar-refractivity contribution in [1.82, 2.24) is 0 Å². The summed E-state index contributed by atoms with van der Waals surface area (Å²) >= 11 is 0. The number of hydrogen-bond acceptors (Lipinski definition) is 5. The zero-order valence-corrected chi connectivity index (χ0v) is 20.2. The second-order valence-corrected chi connectivity index (χ2v) is 9.25. The summed E-state index contributed by atoms with van der Waals surface area (Å²) in [5.41, 5.74) is 3.67. The molecule has 0 saturated heterocycles. The summed E-state index contributed by atoms with van der Waals surface area (Å²) in [4.78, 5) is 26.6. The molecule has 0 aromatic heterocycles. The molecule has 0 spiro atoms. The van der Waals surface area contributed by atoms with E-state index in [2.05, 4.69) is 0 Å². The highest BCUT2D eigenvalue weighted by Crippen LogP contribution is 2.39. The average Bonchev–Trinajstić information content (AvgIpc) is 2.82. The van der Waals surface area contributed by atoms with Crippen molar-refractivity contribution in [3.8, 4) is 11.5 Å². The Bertz CT molecular complexity index is 1180. The minimum Gasteiger partial charge on any atom is -0.496 e. The molecule has 0 amide bonds. The summed E-state index contributed by atoms with van der Waals surface area (Å²) < 4.78 is 24.3. The van der Waals surface area contributed by atoms with E-state index in [1.807, 2.05) is 45.9 Å². The van der Waals surface area contributed by atoms with Crippen molar-refractivity contribution >= 4 is 24.4 Å². The topological polar surface area (TPSA) is 69.7 Å². The van der Waals surface area contributed by atoms with Gasteiger partial charge in [0.15, 0.2) is 13.6 Å². The van der Waals surface area contributed by atoms with Crippen LogP contribution in [0.5, 0.6) is 11.5 Å². The molecule has 3 aromatic carbocycles. The number of carbonyl (C=O) groups is 2. The minimum atomic E-state index is -2.93. The van der Waals surface area contributed by atoms with Crippen LogP contribution in [0.3, 0.4) is 0 Å². The molecule has 0 saturated carbocycles. The van der Waals surface area contributed by atoms with Crippen molar-refractivity contribution in [2.24, 2.45) is 0 Å². The van der Waals surface area contributed by atoms with Crippen LogP contribution in [-0.4, -0.2) is 25.5 Å². The molecule has 1 atom stereocenters. The molecule has 0 bridgehead atoms. The lowest BCUT2D eigenvalue weighted by Crippen LogP contribution is -2.20. The lowest BCUT2D eigenvalue weighted by atomic mass is 9.89. The number of carbonyl (C=O) groups excluding carboxylic acids is 2. The molecule has 32 heavy (non-hydrogen) atoms. The highest BCUT2D eigenvalue weighted by Gasteiger charge is 2.29. The van der Waals surface area contributed by atoms with Gasteiger partial charge in [-0.15, -0.1) is 0 Å². The fourth-order valence-electron chi connectivity index (χ4n) is 4.03. The third-order valence-corrected chi connectivity index (χ3v) is 7.84. The first-order chi connectivity index (χ1) is 15.2. The summed E-state index contributed by atoms with van der Waals surface area (Å²) in [6, 6.07) is 14.1. The lowest BCUT2D eigenvalue weighted by Gasteiger charge is -2.20. The van der Waals surface area contributed by atoms with E-state index in [9.17, 15) is 14.2 Å². The van der Waals surface area contributed by atoms with Gasteiger partial charge in [-0.2, -0.15) is 0 Å². The highest BCUT2D eigenvalue weighted by atomic mass is 31.1. The minimum absolute atomic E-state index is 0.0873. The Balaban J connectivity index is 2.16. The molecule has 5 nitrogen and oxygen atoms in total. The fourth-order valence-corrected chi connectivity index (χ4v) is 5.79. The Hall–Kier alpha value is -3.17. The van der Waals surface area contributed by atoms with E-state index in [0.29, 0.717) is 39.1 Å². The lowest BCUT2D eigenvalue weighted by molar-refractivity contribution is 0.103. The van der Waals surface area contributed by atoms with Gasteiger partial charge in [0.25, 0.3) is 0 Å². The van der Waals surface area contributed by atoms with E-state index in [0.717, 1.165) is 11.1 Å². The molecule has 6 heteroatoms. The normalized spacial score (nSPS) is 11.7. The van der Waals surface area contributed by atoms with Crippen LogP contribution in [0.25, 0.3) is 0 Å². The number of ketones is 1. The van der Waals surface area contributed by atoms with Gasteiger partial charge in [-0.1, -0.05) is 36.4 Å². The monoisotopic (exact) mass is 450 g/mol. The molecule has 0 N–H and O–H groups in total. The smallest absolute Gasteiger partial charge is 0.230 e. The molecule has 0 aliphatic rings. The van der Waals surface area contributed by atoms with Gasteiger partial charge in [0.2, 0.25) is 5.52 Å². The third kappa shape index (κ3) is 4.01. The Morgan fingerprint density at radius 1 is 0.688 bits per heavy atom. The van der Waals surface area contributed by atoms with Crippen LogP contribution in [0, 0.1) is 27.7 Å². The summed E-state index contributed by atoms with van der Waals surface area (Å²) in [6.07, 6.45) is 0.